The van der Waals surface area contributed by atoms with Crippen LogP contribution in [0.4, 0.5) is 8.78 Å². The van der Waals surface area contributed by atoms with E-state index in [0.29, 0.717) is 23.7 Å². The van der Waals surface area contributed by atoms with Gasteiger partial charge in [-0.05, 0) is 31.3 Å². The summed E-state index contributed by atoms with van der Waals surface area (Å²) in [5, 5.41) is 0.336. The Kier molecular flexibility index (Phi) is 2.72. The topological polar surface area (TPSA) is 0 Å². The molecule has 3 heteroatoms. The first kappa shape index (κ1) is 8.05. The van der Waals surface area contributed by atoms with E-state index in [2.05, 4.69) is 12.6 Å². The summed E-state index contributed by atoms with van der Waals surface area (Å²) in [7, 11) is 0. The summed E-state index contributed by atoms with van der Waals surface area (Å²) >= 11 is 4.20. The highest BCUT2D eigenvalue weighted by atomic mass is 32.1. The van der Waals surface area contributed by atoms with Gasteiger partial charge in [0.2, 0.25) is 0 Å². The highest BCUT2D eigenvalue weighted by Crippen LogP contribution is 2.29. The van der Waals surface area contributed by atoms with Crippen molar-refractivity contribution in [2.45, 2.75) is 30.9 Å². The van der Waals surface area contributed by atoms with Crippen molar-refractivity contribution in [2.75, 3.05) is 0 Å². The third-order valence-electron chi connectivity index (χ3n) is 1.83. The van der Waals surface area contributed by atoms with Crippen LogP contribution in [0, 0.1) is 0 Å². The molecule has 0 spiro atoms. The average Bonchev–Trinajstić information content (AvgIpc) is 1.88. The van der Waals surface area contributed by atoms with Gasteiger partial charge in [0.15, 0.2) is 0 Å². The van der Waals surface area contributed by atoms with Gasteiger partial charge < -0.3 is 0 Å². The Morgan fingerprint density at radius 2 is 1.80 bits per heavy atom. The van der Waals surface area contributed by atoms with E-state index < -0.39 is 6.08 Å². The first-order chi connectivity index (χ1) is 4.70. The second-order valence-electron chi connectivity index (χ2n) is 2.60. The standard InChI is InChI=1S/C7H10F2S/c8-7(9)5-1-3-6(10)4-2-5/h6,10H,1-4H2. The fraction of sp³-hybridized carbons (Fsp3) is 0.714. The van der Waals surface area contributed by atoms with E-state index in [1.165, 1.54) is 0 Å². The minimum atomic E-state index is -1.47. The van der Waals surface area contributed by atoms with Gasteiger partial charge in [0.05, 0.1) is 0 Å². The Morgan fingerprint density at radius 3 is 2.20 bits per heavy atom. The van der Waals surface area contributed by atoms with Gasteiger partial charge in [-0.3, -0.25) is 0 Å². The maximum atomic E-state index is 11.9. The van der Waals surface area contributed by atoms with Crippen LogP contribution in [-0.4, -0.2) is 5.25 Å². The highest BCUT2D eigenvalue weighted by molar-refractivity contribution is 7.80. The number of rotatable bonds is 0. The predicted molar refractivity (Wildman–Crippen MR) is 40.5 cm³/mol. The largest absolute Gasteiger partial charge is 0.269 e. The molecule has 1 saturated carbocycles. The molecule has 10 heavy (non-hydrogen) atoms. The number of allylic oxidation sites excluding steroid dienone is 1. The Morgan fingerprint density at radius 1 is 1.30 bits per heavy atom. The SMILES string of the molecule is FC(F)=C1CCC(S)CC1. The molecule has 0 bridgehead atoms. The molecule has 0 radical (unpaired) electrons. The van der Waals surface area contributed by atoms with Crippen LogP contribution in [0.1, 0.15) is 25.7 Å². The summed E-state index contributed by atoms with van der Waals surface area (Å²) in [5.74, 6) is 0. The lowest BCUT2D eigenvalue weighted by molar-refractivity contribution is 0.394. The van der Waals surface area contributed by atoms with Crippen molar-refractivity contribution in [1.29, 1.82) is 0 Å². The highest BCUT2D eigenvalue weighted by Gasteiger charge is 2.16. The molecular weight excluding hydrogens is 154 g/mol. The van der Waals surface area contributed by atoms with Crippen LogP contribution in [0.2, 0.25) is 0 Å². The van der Waals surface area contributed by atoms with Crippen LogP contribution in [0.3, 0.4) is 0 Å². The fourth-order valence-corrected chi connectivity index (χ4v) is 1.40. The molecule has 0 N–H and O–H groups in total. The zero-order valence-electron chi connectivity index (χ0n) is 5.61. The Balaban J connectivity index is 2.48. The summed E-state index contributed by atoms with van der Waals surface area (Å²) in [6.45, 7) is 0. The third kappa shape index (κ3) is 1.97. The minimum absolute atomic E-state index is 0.336. The van der Waals surface area contributed by atoms with Gasteiger partial charge in [-0.1, -0.05) is 0 Å². The Hall–Kier alpha value is -0.0500. The number of hydrogen-bond donors (Lipinski definition) is 1. The molecule has 0 aromatic rings. The van der Waals surface area contributed by atoms with Gasteiger partial charge in [-0.15, -0.1) is 0 Å². The van der Waals surface area contributed by atoms with Crippen molar-refractivity contribution in [3.63, 3.8) is 0 Å². The van der Waals surface area contributed by atoms with Crippen molar-refractivity contribution < 1.29 is 8.78 Å². The van der Waals surface area contributed by atoms with Crippen LogP contribution in [0.15, 0.2) is 11.7 Å². The van der Waals surface area contributed by atoms with Crippen LogP contribution in [-0.2, 0) is 0 Å². The van der Waals surface area contributed by atoms with Crippen molar-refractivity contribution in [3.8, 4) is 0 Å². The van der Waals surface area contributed by atoms with E-state index in [0.717, 1.165) is 12.8 Å². The van der Waals surface area contributed by atoms with E-state index in [1.54, 1.807) is 0 Å². The Labute approximate surface area is 64.7 Å². The van der Waals surface area contributed by atoms with Gasteiger partial charge >= 0.3 is 0 Å². The first-order valence-corrected chi connectivity index (χ1v) is 3.93. The second-order valence-corrected chi connectivity index (χ2v) is 3.33. The number of hydrogen-bond acceptors (Lipinski definition) is 1. The van der Waals surface area contributed by atoms with E-state index in [1.807, 2.05) is 0 Å². The maximum Gasteiger partial charge on any atom is 0.269 e. The molecule has 0 saturated heterocycles. The summed E-state index contributed by atoms with van der Waals surface area (Å²) in [5.41, 5.74) is 0.338. The van der Waals surface area contributed by atoms with E-state index in [-0.39, 0.29) is 0 Å². The molecule has 0 aliphatic heterocycles. The molecule has 0 heterocycles. The van der Waals surface area contributed by atoms with Crippen molar-refractivity contribution in [1.82, 2.24) is 0 Å². The van der Waals surface area contributed by atoms with Crippen LogP contribution >= 0.6 is 12.6 Å². The zero-order valence-corrected chi connectivity index (χ0v) is 6.50. The van der Waals surface area contributed by atoms with Gasteiger partial charge in [0.25, 0.3) is 6.08 Å². The normalized spacial score (nSPS) is 26.7. The van der Waals surface area contributed by atoms with E-state index in [9.17, 15) is 8.78 Å². The van der Waals surface area contributed by atoms with E-state index >= 15 is 0 Å². The molecule has 1 aliphatic carbocycles. The molecule has 0 unspecified atom stereocenters. The lowest BCUT2D eigenvalue weighted by atomic mass is 9.95. The quantitative estimate of drug-likeness (QED) is 0.523. The van der Waals surface area contributed by atoms with Crippen LogP contribution < -0.4 is 0 Å². The van der Waals surface area contributed by atoms with Crippen molar-refractivity contribution in [3.05, 3.63) is 11.7 Å². The molecule has 0 nitrogen and oxygen atoms in total. The first-order valence-electron chi connectivity index (χ1n) is 3.41. The molecule has 0 aromatic carbocycles. The molecule has 1 rings (SSSR count). The summed E-state index contributed by atoms with van der Waals surface area (Å²) < 4.78 is 23.8. The van der Waals surface area contributed by atoms with Crippen molar-refractivity contribution >= 4 is 12.6 Å². The van der Waals surface area contributed by atoms with Crippen LogP contribution in [0.5, 0.6) is 0 Å². The van der Waals surface area contributed by atoms with Crippen molar-refractivity contribution in [2.24, 2.45) is 0 Å². The molecule has 0 amide bonds. The van der Waals surface area contributed by atoms with Gasteiger partial charge in [-0.2, -0.15) is 21.4 Å². The molecule has 1 aliphatic rings. The average molecular weight is 164 g/mol. The number of thiol groups is 1. The smallest absolute Gasteiger partial charge is 0.176 e. The molecular formula is C7H10F2S. The third-order valence-corrected chi connectivity index (χ3v) is 2.34. The number of halogens is 2. The summed E-state index contributed by atoms with van der Waals surface area (Å²) in [4.78, 5) is 0. The fourth-order valence-electron chi connectivity index (χ4n) is 1.14. The minimum Gasteiger partial charge on any atom is -0.176 e. The second kappa shape index (κ2) is 3.37. The molecule has 1 fully saturated rings. The molecule has 58 valence electrons. The summed E-state index contributed by atoms with van der Waals surface area (Å²) in [6, 6.07) is 0. The maximum absolute atomic E-state index is 11.9. The van der Waals surface area contributed by atoms with Gasteiger partial charge in [0, 0.05) is 5.25 Å². The predicted octanol–water partition coefficient (Wildman–Crippen LogP) is 3.01. The lowest BCUT2D eigenvalue weighted by Gasteiger charge is -2.18. The monoisotopic (exact) mass is 164 g/mol. The Bertz CT molecular complexity index is 140. The lowest BCUT2D eigenvalue weighted by Crippen LogP contribution is -2.07. The molecule has 0 atom stereocenters. The zero-order chi connectivity index (χ0) is 7.56. The van der Waals surface area contributed by atoms with Gasteiger partial charge in [0.1, 0.15) is 0 Å². The summed E-state index contributed by atoms with van der Waals surface area (Å²) in [6.07, 6.45) is 1.21. The van der Waals surface area contributed by atoms with E-state index in [4.69, 9.17) is 0 Å². The molecule has 0 aromatic heterocycles. The van der Waals surface area contributed by atoms with Gasteiger partial charge in [-0.25, -0.2) is 0 Å². The van der Waals surface area contributed by atoms with Crippen LogP contribution in [0.25, 0.3) is 0 Å².